The van der Waals surface area contributed by atoms with Crippen molar-refractivity contribution in [1.82, 2.24) is 33.7 Å². The summed E-state index contributed by atoms with van der Waals surface area (Å²) >= 11 is 0. The molecule has 0 radical (unpaired) electrons. The first-order chi connectivity index (χ1) is 25.6. The fraction of sp³-hybridized carbons (Fsp3) is 0.316. The van der Waals surface area contributed by atoms with Crippen LogP contribution < -0.4 is 16.4 Å². The van der Waals surface area contributed by atoms with Crippen LogP contribution >= 0.6 is 0 Å². The van der Waals surface area contributed by atoms with Gasteiger partial charge in [0.25, 0.3) is 0 Å². The molecule has 6 aromatic rings. The van der Waals surface area contributed by atoms with Crippen LogP contribution in [0.5, 0.6) is 0 Å². The van der Waals surface area contributed by atoms with Gasteiger partial charge in [0.15, 0.2) is 5.65 Å². The monoisotopic (exact) mass is 724 g/mol. The Labute approximate surface area is 303 Å². The Kier molecular flexibility index (Phi) is 9.22. The van der Waals surface area contributed by atoms with Gasteiger partial charge in [0, 0.05) is 68.6 Å². The Morgan fingerprint density at radius 2 is 1.75 bits per heavy atom. The lowest BCUT2D eigenvalue weighted by Crippen LogP contribution is -2.44. The van der Waals surface area contributed by atoms with E-state index in [2.05, 4.69) is 35.1 Å². The van der Waals surface area contributed by atoms with Crippen molar-refractivity contribution in [2.45, 2.75) is 44.3 Å². The molecular weight excluding hydrogens is 685 g/mol. The molecule has 0 bridgehead atoms. The summed E-state index contributed by atoms with van der Waals surface area (Å²) in [5.41, 5.74) is 10.0. The molecule has 2 fully saturated rings. The summed E-state index contributed by atoms with van der Waals surface area (Å²) in [6, 6.07) is 17.0. The Bertz CT molecular complexity index is 2260. The molecule has 2 amide bonds. The molecule has 5 heterocycles. The first-order valence-electron chi connectivity index (χ1n) is 17.5. The van der Waals surface area contributed by atoms with Gasteiger partial charge in [-0.15, -0.1) is 0 Å². The molecule has 2 aromatic carbocycles. The van der Waals surface area contributed by atoms with Crippen LogP contribution in [0.15, 0.2) is 85.6 Å². The van der Waals surface area contributed by atoms with Gasteiger partial charge in [-0.2, -0.15) is 13.2 Å². The zero-order valence-electron chi connectivity index (χ0n) is 29.1. The molecule has 1 aliphatic heterocycles. The van der Waals surface area contributed by atoms with E-state index in [1.165, 1.54) is 18.5 Å². The molecule has 1 saturated carbocycles. The second-order valence-corrected chi connectivity index (χ2v) is 13.7. The smallest absolute Gasteiger partial charge is 0.383 e. The van der Waals surface area contributed by atoms with Gasteiger partial charge >= 0.3 is 12.2 Å². The third-order valence-electron chi connectivity index (χ3n) is 10.2. The number of likely N-dealkylation sites (N-methyl/N-ethyl adjacent to an activating group) is 1. The second kappa shape index (κ2) is 14.1. The number of imidazole rings is 1. The number of amides is 2. The van der Waals surface area contributed by atoms with E-state index in [1.807, 2.05) is 58.9 Å². The molecule has 0 atom stereocenters. The number of benzene rings is 2. The number of carbonyl (C=O) groups excluding carboxylic acids is 1. The highest BCUT2D eigenvalue weighted by molar-refractivity contribution is 6.03. The minimum atomic E-state index is -4.58. The number of hydrogen-bond acceptors (Lipinski definition) is 8. The molecular formula is C38H39F3N10O2. The maximum Gasteiger partial charge on any atom is 0.416 e. The number of aromatic nitrogens is 5. The number of fused-ring (bicyclic) bond motifs is 2. The molecule has 274 valence electrons. The number of pyridine rings is 1. The Hall–Kier alpha value is -5.51. The summed E-state index contributed by atoms with van der Waals surface area (Å²) in [6.07, 6.45) is 4.03. The van der Waals surface area contributed by atoms with E-state index >= 15 is 0 Å². The van der Waals surface area contributed by atoms with Crippen LogP contribution in [0.3, 0.4) is 0 Å². The first kappa shape index (κ1) is 34.6. The number of rotatable bonds is 9. The van der Waals surface area contributed by atoms with Crippen molar-refractivity contribution in [3.8, 4) is 11.3 Å². The molecule has 1 aliphatic carbocycles. The number of carbonyl (C=O) groups is 1. The Morgan fingerprint density at radius 3 is 2.53 bits per heavy atom. The molecule has 2 aliphatic rings. The average molecular weight is 725 g/mol. The maximum atomic E-state index is 14.2. The molecule has 1 saturated heterocycles. The summed E-state index contributed by atoms with van der Waals surface area (Å²) in [5, 5.41) is 6.03. The molecule has 0 unspecified atom stereocenters. The van der Waals surface area contributed by atoms with Crippen molar-refractivity contribution < 1.29 is 22.7 Å². The van der Waals surface area contributed by atoms with Gasteiger partial charge < -0.3 is 30.6 Å². The van der Waals surface area contributed by atoms with E-state index in [0.717, 1.165) is 48.8 Å². The second-order valence-electron chi connectivity index (χ2n) is 13.7. The lowest BCUT2D eigenvalue weighted by atomic mass is 9.89. The van der Waals surface area contributed by atoms with Crippen molar-refractivity contribution in [3.05, 3.63) is 102 Å². The Morgan fingerprint density at radius 1 is 0.962 bits per heavy atom. The fourth-order valence-corrected chi connectivity index (χ4v) is 7.19. The highest BCUT2D eigenvalue weighted by atomic mass is 19.4. The van der Waals surface area contributed by atoms with Crippen LogP contribution in [-0.2, 0) is 24.1 Å². The summed E-state index contributed by atoms with van der Waals surface area (Å²) in [5.74, 6) is 0.336. The van der Waals surface area contributed by atoms with Gasteiger partial charge in [0.1, 0.15) is 17.8 Å². The normalized spacial score (nSPS) is 18.3. The van der Waals surface area contributed by atoms with Crippen molar-refractivity contribution in [3.63, 3.8) is 0 Å². The first-order valence-corrected chi connectivity index (χ1v) is 17.5. The standard InChI is InChI=1S/C38H39F3N10O2/c1-48-13-15-49(16-14-48)20-25-7-8-26(17-30(25)38(39,40)41)46-37(52)47-31-9-10-32(50-12-11-43-35(31)50)29-21-51(36-33(29)34(42)44-23-45-36)27-18-28(19-27)53-22-24-5-3-2-4-6-24/h2-12,17,21,23,27-28H,13-16,18-20,22H2,1H3,(H2,42,44,45)(H2,46,47,52). The summed E-state index contributed by atoms with van der Waals surface area (Å²) < 4.78 is 52.6. The topological polar surface area (TPSA) is 131 Å². The minimum Gasteiger partial charge on any atom is -0.383 e. The maximum absolute atomic E-state index is 14.2. The molecule has 12 nitrogen and oxygen atoms in total. The number of nitrogens with zero attached hydrogens (tertiary/aromatic N) is 7. The third-order valence-corrected chi connectivity index (χ3v) is 10.2. The fourth-order valence-electron chi connectivity index (χ4n) is 7.19. The average Bonchev–Trinajstić information content (AvgIpc) is 3.77. The number of halogens is 3. The van der Waals surface area contributed by atoms with Crippen LogP contribution in [0, 0.1) is 0 Å². The van der Waals surface area contributed by atoms with E-state index in [-0.39, 0.29) is 29.9 Å². The van der Waals surface area contributed by atoms with Crippen LogP contribution in [0.25, 0.3) is 27.9 Å². The summed E-state index contributed by atoms with van der Waals surface area (Å²) in [6.45, 7) is 3.70. The lowest BCUT2D eigenvalue weighted by molar-refractivity contribution is -0.138. The number of urea groups is 1. The zero-order chi connectivity index (χ0) is 36.7. The number of nitrogens with one attached hydrogen (secondary N) is 2. The van der Waals surface area contributed by atoms with E-state index in [9.17, 15) is 18.0 Å². The summed E-state index contributed by atoms with van der Waals surface area (Å²) in [4.78, 5) is 30.7. The SMILES string of the molecule is CN1CCN(Cc2ccc(NC(=O)Nc3ccc(-c4cn(C5CC(OCc6ccccc6)C5)c5ncnc(N)c45)n4ccnc34)cc2C(F)(F)F)CC1. The highest BCUT2D eigenvalue weighted by Crippen LogP contribution is 2.42. The van der Waals surface area contributed by atoms with Crippen molar-refractivity contribution in [1.29, 1.82) is 0 Å². The van der Waals surface area contributed by atoms with E-state index in [4.69, 9.17) is 10.5 Å². The van der Waals surface area contributed by atoms with Crippen LogP contribution in [0.2, 0.25) is 0 Å². The van der Waals surface area contributed by atoms with Crippen LogP contribution in [-0.4, -0.2) is 79.1 Å². The molecule has 4 aromatic heterocycles. The van der Waals surface area contributed by atoms with Crippen molar-refractivity contribution in [2.24, 2.45) is 0 Å². The van der Waals surface area contributed by atoms with Crippen molar-refractivity contribution >= 4 is 39.9 Å². The van der Waals surface area contributed by atoms with E-state index in [1.54, 1.807) is 18.5 Å². The Balaban J connectivity index is 1.00. The lowest BCUT2D eigenvalue weighted by Gasteiger charge is -2.36. The van der Waals surface area contributed by atoms with Gasteiger partial charge in [-0.25, -0.2) is 19.7 Å². The molecule has 15 heteroatoms. The molecule has 4 N–H and O–H groups in total. The van der Waals surface area contributed by atoms with Crippen LogP contribution in [0.4, 0.5) is 35.2 Å². The van der Waals surface area contributed by atoms with Crippen LogP contribution in [0.1, 0.15) is 35.6 Å². The van der Waals surface area contributed by atoms with E-state index < -0.39 is 17.8 Å². The minimum absolute atomic E-state index is 0.0277. The van der Waals surface area contributed by atoms with Gasteiger partial charge in [0.05, 0.1) is 35.0 Å². The number of anilines is 3. The zero-order valence-corrected chi connectivity index (χ0v) is 29.1. The van der Waals surface area contributed by atoms with Gasteiger partial charge in [0.2, 0.25) is 0 Å². The quantitative estimate of drug-likeness (QED) is 0.151. The summed E-state index contributed by atoms with van der Waals surface area (Å²) in [7, 11) is 2.00. The number of nitrogens with two attached hydrogens (primary N) is 1. The molecule has 53 heavy (non-hydrogen) atoms. The number of alkyl halides is 3. The highest BCUT2D eigenvalue weighted by Gasteiger charge is 2.35. The third kappa shape index (κ3) is 7.14. The molecule has 0 spiro atoms. The predicted molar refractivity (Wildman–Crippen MR) is 196 cm³/mol. The van der Waals surface area contributed by atoms with E-state index in [0.29, 0.717) is 47.9 Å². The van der Waals surface area contributed by atoms with Gasteiger partial charge in [-0.1, -0.05) is 36.4 Å². The number of nitrogen functional groups attached to an aromatic ring is 1. The largest absolute Gasteiger partial charge is 0.416 e. The predicted octanol–water partition coefficient (Wildman–Crippen LogP) is 6.66. The van der Waals surface area contributed by atoms with Crippen molar-refractivity contribution in [2.75, 3.05) is 49.6 Å². The number of ether oxygens (including phenoxy) is 1. The number of hydrogen-bond donors (Lipinski definition) is 3. The van der Waals surface area contributed by atoms with Gasteiger partial charge in [-0.3, -0.25) is 9.30 Å². The number of piperazine rings is 1. The van der Waals surface area contributed by atoms with Gasteiger partial charge in [-0.05, 0) is 55.3 Å². The molecule has 8 rings (SSSR count).